The third-order valence-corrected chi connectivity index (χ3v) is 18.5. The molecule has 0 bridgehead atoms. The summed E-state index contributed by atoms with van der Waals surface area (Å²) in [6.07, 6.45) is 1.87. The summed E-state index contributed by atoms with van der Waals surface area (Å²) in [5.41, 5.74) is 26.9. The number of benzene rings is 10. The summed E-state index contributed by atoms with van der Waals surface area (Å²) >= 11 is 0. The molecule has 0 unspecified atom stereocenters. The average molecular weight is 1020 g/mol. The highest BCUT2D eigenvalue weighted by molar-refractivity contribution is 6.22. The number of hydrogen-bond donors (Lipinski definition) is 0. The molecule has 0 spiro atoms. The molecule has 376 valence electrons. The lowest BCUT2D eigenvalue weighted by Gasteiger charge is -2.32. The molecule has 10 aromatic carbocycles. The number of furan rings is 2. The first-order valence-corrected chi connectivity index (χ1v) is 27.7. The molecular weight excluding hydrogens is 963 g/mol. The monoisotopic (exact) mass is 1020 g/mol. The van der Waals surface area contributed by atoms with E-state index in [9.17, 15) is 0 Å². The quantitative estimate of drug-likeness (QED) is 0.172. The van der Waals surface area contributed by atoms with E-state index in [-0.39, 0.29) is 16.2 Å². The zero-order valence-electron chi connectivity index (χ0n) is 44.9. The highest BCUT2D eigenvalue weighted by Crippen LogP contribution is 2.64. The topological polar surface area (TPSA) is 47.3 Å². The molecule has 0 saturated heterocycles. The molecule has 5 nitrogen and oxygen atoms in total. The third kappa shape index (κ3) is 5.76. The van der Waals surface area contributed by atoms with E-state index < -0.39 is 0 Å². The second kappa shape index (κ2) is 15.4. The van der Waals surface area contributed by atoms with E-state index in [0.29, 0.717) is 0 Å². The number of hydrogen-bond acceptors (Lipinski definition) is 4. The Morgan fingerprint density at radius 3 is 1.66 bits per heavy atom. The highest BCUT2D eigenvalue weighted by Gasteiger charge is 2.49. The van der Waals surface area contributed by atoms with Gasteiger partial charge in [-0.15, -0.1) is 0 Å². The lowest BCUT2D eigenvalue weighted by molar-refractivity contribution is 0.600. The summed E-state index contributed by atoms with van der Waals surface area (Å²) in [6.45, 7) is 14.5. The number of fused-ring (bicyclic) bond motifs is 22. The van der Waals surface area contributed by atoms with E-state index in [1.54, 1.807) is 0 Å². The van der Waals surface area contributed by atoms with Gasteiger partial charge in [0.05, 0.1) is 16.7 Å². The maximum absolute atomic E-state index is 7.05. The Bertz CT molecular complexity index is 4990. The molecule has 0 saturated carbocycles. The normalized spacial score (nSPS) is 15.0. The number of aromatic nitrogens is 2. The van der Waals surface area contributed by atoms with Crippen molar-refractivity contribution in [3.8, 4) is 50.3 Å². The SMILES string of the molecule is CC1(C)c2cc(N(c3ccc4c(c3)C(C)(C)c3c5c(c6oc7ccccc7c6c3-4)-c3ccccc3C5(C)C)c3ccc4c(c3)c3ccccc3n4-c3ccccc3)ccc2-c2c1cc(-c1ccccn1)c1oc3ccccc3c21. The Hall–Kier alpha value is -9.45. The fourth-order valence-corrected chi connectivity index (χ4v) is 15.0. The largest absolute Gasteiger partial charge is 0.455 e. The summed E-state index contributed by atoms with van der Waals surface area (Å²) in [4.78, 5) is 7.41. The predicted molar refractivity (Wildman–Crippen MR) is 326 cm³/mol. The second-order valence-corrected chi connectivity index (χ2v) is 23.8. The fourth-order valence-electron chi connectivity index (χ4n) is 15.0. The predicted octanol–water partition coefficient (Wildman–Crippen LogP) is 20.0. The molecule has 3 aliphatic rings. The molecule has 14 aromatic rings. The molecule has 4 heterocycles. The van der Waals surface area contributed by atoms with Gasteiger partial charge < -0.3 is 18.3 Å². The Morgan fingerprint density at radius 2 is 0.924 bits per heavy atom. The van der Waals surface area contributed by atoms with E-state index in [0.717, 1.165) is 72.5 Å². The van der Waals surface area contributed by atoms with Crippen LogP contribution in [-0.4, -0.2) is 9.55 Å². The third-order valence-electron chi connectivity index (χ3n) is 18.5. The summed E-state index contributed by atoms with van der Waals surface area (Å²) < 4.78 is 16.3. The summed E-state index contributed by atoms with van der Waals surface area (Å²) in [6, 6.07) is 75.8. The molecule has 0 fully saturated rings. The maximum atomic E-state index is 7.05. The van der Waals surface area contributed by atoms with Gasteiger partial charge in [-0.25, -0.2) is 0 Å². The number of pyridine rings is 1. The van der Waals surface area contributed by atoms with Gasteiger partial charge in [-0.1, -0.05) is 157 Å². The van der Waals surface area contributed by atoms with E-state index in [1.807, 2.05) is 12.3 Å². The highest BCUT2D eigenvalue weighted by atomic mass is 16.3. The lowest BCUT2D eigenvalue weighted by Crippen LogP contribution is -2.24. The van der Waals surface area contributed by atoms with Crippen LogP contribution in [0.3, 0.4) is 0 Å². The molecule has 79 heavy (non-hydrogen) atoms. The first-order valence-electron chi connectivity index (χ1n) is 27.7. The number of nitrogens with zero attached hydrogens (tertiary/aromatic N) is 3. The van der Waals surface area contributed by atoms with Gasteiger partial charge in [-0.05, 0) is 152 Å². The minimum Gasteiger partial charge on any atom is -0.455 e. The van der Waals surface area contributed by atoms with E-state index >= 15 is 0 Å². The van der Waals surface area contributed by atoms with Crippen LogP contribution in [0.4, 0.5) is 17.1 Å². The second-order valence-electron chi connectivity index (χ2n) is 23.8. The van der Waals surface area contributed by atoms with Crippen LogP contribution in [0.15, 0.2) is 221 Å². The molecule has 0 atom stereocenters. The first kappa shape index (κ1) is 44.7. The fraction of sp³-hybridized carbons (Fsp3) is 0.122. The van der Waals surface area contributed by atoms with Crippen molar-refractivity contribution in [1.82, 2.24) is 9.55 Å². The Morgan fingerprint density at radius 1 is 0.380 bits per heavy atom. The van der Waals surface area contributed by atoms with Crippen LogP contribution in [0, 0.1) is 0 Å². The van der Waals surface area contributed by atoms with Crippen molar-refractivity contribution in [3.05, 3.63) is 246 Å². The van der Waals surface area contributed by atoms with Gasteiger partial charge in [0.1, 0.15) is 22.3 Å². The Labute approximate surface area is 457 Å². The van der Waals surface area contributed by atoms with Crippen molar-refractivity contribution >= 4 is 82.7 Å². The van der Waals surface area contributed by atoms with Crippen molar-refractivity contribution < 1.29 is 8.83 Å². The van der Waals surface area contributed by atoms with Gasteiger partial charge in [-0.2, -0.15) is 0 Å². The Balaban J connectivity index is 0.917. The number of anilines is 3. The molecule has 0 amide bonds. The van der Waals surface area contributed by atoms with Crippen LogP contribution >= 0.6 is 0 Å². The Kier molecular flexibility index (Phi) is 8.70. The maximum Gasteiger partial charge on any atom is 0.145 e. The van der Waals surface area contributed by atoms with Crippen molar-refractivity contribution in [2.75, 3.05) is 4.90 Å². The van der Waals surface area contributed by atoms with Crippen molar-refractivity contribution in [2.45, 2.75) is 57.8 Å². The molecule has 0 N–H and O–H groups in total. The molecule has 0 aliphatic heterocycles. The van der Waals surface area contributed by atoms with Gasteiger partial charge in [0.2, 0.25) is 0 Å². The zero-order chi connectivity index (χ0) is 52.8. The van der Waals surface area contributed by atoms with Crippen LogP contribution in [0.25, 0.3) is 116 Å². The van der Waals surface area contributed by atoms with Crippen LogP contribution in [0.2, 0.25) is 0 Å². The van der Waals surface area contributed by atoms with Crippen LogP contribution < -0.4 is 4.90 Å². The standard InChI is InChI=1S/C74H53N3O2/c1-72(2)55-39-44(31-34-48(55)63-57(72)41-53(58-27-18-19-37-75-58)70-65(63)50-24-12-16-29-61(50)78-70)76(43-33-36-60-52(38-43)46-22-11-15-28-59(46)77(60)42-20-8-7-9-21-42)45-32-35-49-56(40-45)74(5,6)68-64(49)66-51-25-13-17-30-62(51)79-71(66)67-47-23-10-14-26-54(47)73(3,4)69(67)68/h7-41H,1-6H3. The van der Waals surface area contributed by atoms with Crippen LogP contribution in [0.5, 0.6) is 0 Å². The lowest BCUT2D eigenvalue weighted by atomic mass is 9.72. The van der Waals surface area contributed by atoms with Crippen molar-refractivity contribution in [1.29, 1.82) is 0 Å². The van der Waals surface area contributed by atoms with Crippen LogP contribution in [-0.2, 0) is 16.2 Å². The summed E-state index contributed by atoms with van der Waals surface area (Å²) in [7, 11) is 0. The molecule has 4 aromatic heterocycles. The zero-order valence-corrected chi connectivity index (χ0v) is 44.9. The van der Waals surface area contributed by atoms with Gasteiger partial charge in [-0.3, -0.25) is 4.98 Å². The molecule has 17 rings (SSSR count). The van der Waals surface area contributed by atoms with Gasteiger partial charge in [0, 0.05) is 88.6 Å². The van der Waals surface area contributed by atoms with Gasteiger partial charge in [0.15, 0.2) is 0 Å². The van der Waals surface area contributed by atoms with Gasteiger partial charge >= 0.3 is 0 Å². The minimum atomic E-state index is -0.374. The van der Waals surface area contributed by atoms with E-state index in [2.05, 4.69) is 251 Å². The minimum absolute atomic E-state index is 0.257. The van der Waals surface area contributed by atoms with Crippen LogP contribution in [0.1, 0.15) is 74.9 Å². The van der Waals surface area contributed by atoms with Crippen molar-refractivity contribution in [3.63, 3.8) is 0 Å². The molecular formula is C74H53N3O2. The summed E-state index contributed by atoms with van der Waals surface area (Å²) in [5, 5.41) is 7.04. The molecule has 0 radical (unpaired) electrons. The smallest absolute Gasteiger partial charge is 0.145 e. The number of rotatable bonds is 5. The van der Waals surface area contributed by atoms with E-state index in [1.165, 1.54) is 94.0 Å². The average Bonchev–Trinajstić information content (AvgIpc) is 3.65. The molecule has 3 aliphatic carbocycles. The van der Waals surface area contributed by atoms with E-state index in [4.69, 9.17) is 13.8 Å². The number of para-hydroxylation sites is 4. The summed E-state index contributed by atoms with van der Waals surface area (Å²) in [5.74, 6) is 0. The van der Waals surface area contributed by atoms with Gasteiger partial charge in [0.25, 0.3) is 0 Å². The molecule has 5 heteroatoms. The van der Waals surface area contributed by atoms with Crippen molar-refractivity contribution in [2.24, 2.45) is 0 Å². The first-order chi connectivity index (χ1) is 38.5.